The fourth-order valence-corrected chi connectivity index (χ4v) is 1.85. The normalized spacial score (nSPS) is 10.6. The summed E-state index contributed by atoms with van der Waals surface area (Å²) in [6.45, 7) is 0. The second-order valence-corrected chi connectivity index (χ2v) is 3.74. The standard InChI is InChI=1S/C14H9N2O/c17-14(10-4-3-7-15-8-10)12-9-16-13-6-2-1-5-11(12)13/h1,3-9,16H. The number of H-pyrrole nitrogens is 1. The predicted molar refractivity (Wildman–Crippen MR) is 64.8 cm³/mol. The lowest BCUT2D eigenvalue weighted by atomic mass is 10.0. The van der Waals surface area contributed by atoms with E-state index >= 15 is 0 Å². The van der Waals surface area contributed by atoms with Crippen molar-refractivity contribution in [3.8, 4) is 0 Å². The number of pyridine rings is 1. The van der Waals surface area contributed by atoms with E-state index in [2.05, 4.69) is 16.0 Å². The van der Waals surface area contributed by atoms with E-state index in [1.807, 2.05) is 12.1 Å². The minimum Gasteiger partial charge on any atom is -0.360 e. The van der Waals surface area contributed by atoms with Gasteiger partial charge in [0.25, 0.3) is 0 Å². The lowest BCUT2D eigenvalue weighted by molar-refractivity contribution is 0.104. The molecule has 0 spiro atoms. The molecule has 3 nitrogen and oxygen atoms in total. The summed E-state index contributed by atoms with van der Waals surface area (Å²) in [4.78, 5) is 19.3. The zero-order valence-corrected chi connectivity index (χ0v) is 8.97. The fourth-order valence-electron chi connectivity index (χ4n) is 1.85. The Morgan fingerprint density at radius 2 is 2.29 bits per heavy atom. The van der Waals surface area contributed by atoms with Gasteiger partial charge < -0.3 is 4.98 Å². The van der Waals surface area contributed by atoms with Gasteiger partial charge in [-0.25, -0.2) is 0 Å². The molecule has 0 saturated carbocycles. The SMILES string of the molecule is O=C(c1cccnc1)c1c[nH]c2c[c]ccc12. The smallest absolute Gasteiger partial charge is 0.196 e. The van der Waals surface area contributed by atoms with Crippen LogP contribution >= 0.6 is 0 Å². The predicted octanol–water partition coefficient (Wildman–Crippen LogP) is 2.59. The van der Waals surface area contributed by atoms with E-state index in [0.717, 1.165) is 10.9 Å². The van der Waals surface area contributed by atoms with E-state index < -0.39 is 0 Å². The van der Waals surface area contributed by atoms with Gasteiger partial charge in [-0.05, 0) is 24.3 Å². The zero-order chi connectivity index (χ0) is 11.7. The highest BCUT2D eigenvalue weighted by molar-refractivity contribution is 6.16. The Kier molecular flexibility index (Phi) is 2.22. The van der Waals surface area contributed by atoms with E-state index in [0.29, 0.717) is 11.1 Å². The van der Waals surface area contributed by atoms with Crippen molar-refractivity contribution in [1.82, 2.24) is 9.97 Å². The maximum absolute atomic E-state index is 12.3. The molecular weight excluding hydrogens is 212 g/mol. The third kappa shape index (κ3) is 1.61. The van der Waals surface area contributed by atoms with Crippen LogP contribution in [0.25, 0.3) is 10.9 Å². The Morgan fingerprint density at radius 1 is 1.35 bits per heavy atom. The molecule has 2 aromatic heterocycles. The van der Waals surface area contributed by atoms with Crippen LogP contribution in [0.1, 0.15) is 15.9 Å². The van der Waals surface area contributed by atoms with Crippen molar-refractivity contribution >= 4 is 16.7 Å². The molecular formula is C14H9N2O. The number of aromatic nitrogens is 2. The third-order valence-electron chi connectivity index (χ3n) is 2.69. The fraction of sp³-hybridized carbons (Fsp3) is 0. The highest BCUT2D eigenvalue weighted by atomic mass is 16.1. The second-order valence-electron chi connectivity index (χ2n) is 3.74. The number of carbonyl (C=O) groups is 1. The summed E-state index contributed by atoms with van der Waals surface area (Å²) in [6.07, 6.45) is 4.96. The van der Waals surface area contributed by atoms with Crippen molar-refractivity contribution in [3.05, 3.63) is 66.1 Å². The maximum Gasteiger partial charge on any atom is 0.196 e. The van der Waals surface area contributed by atoms with Crippen LogP contribution in [-0.4, -0.2) is 15.8 Å². The lowest BCUT2D eigenvalue weighted by Gasteiger charge is -1.98. The third-order valence-corrected chi connectivity index (χ3v) is 2.69. The number of carbonyl (C=O) groups excluding carboxylic acids is 1. The topological polar surface area (TPSA) is 45.8 Å². The number of rotatable bonds is 2. The molecule has 3 rings (SSSR count). The van der Waals surface area contributed by atoms with Crippen LogP contribution in [0.4, 0.5) is 0 Å². The first kappa shape index (κ1) is 9.78. The summed E-state index contributed by atoms with van der Waals surface area (Å²) in [6, 6.07) is 12.0. The van der Waals surface area contributed by atoms with Crippen LogP contribution in [0.15, 0.2) is 48.9 Å². The van der Waals surface area contributed by atoms with Crippen LogP contribution in [0, 0.1) is 6.07 Å². The minimum absolute atomic E-state index is 0.0180. The first-order chi connectivity index (χ1) is 8.36. The van der Waals surface area contributed by atoms with Gasteiger partial charge in [-0.2, -0.15) is 0 Å². The van der Waals surface area contributed by atoms with Crippen LogP contribution in [0.3, 0.4) is 0 Å². The van der Waals surface area contributed by atoms with Crippen LogP contribution in [0.2, 0.25) is 0 Å². The Balaban J connectivity index is 2.14. The summed E-state index contributed by atoms with van der Waals surface area (Å²) >= 11 is 0. The van der Waals surface area contributed by atoms with Crippen molar-refractivity contribution in [3.63, 3.8) is 0 Å². The largest absolute Gasteiger partial charge is 0.360 e. The Bertz CT molecular complexity index is 671. The molecule has 0 fully saturated rings. The van der Waals surface area contributed by atoms with Gasteiger partial charge in [0.1, 0.15) is 0 Å². The molecule has 0 aliphatic rings. The van der Waals surface area contributed by atoms with E-state index in [9.17, 15) is 4.79 Å². The summed E-state index contributed by atoms with van der Waals surface area (Å²) in [5, 5.41) is 0.914. The molecule has 1 radical (unpaired) electrons. The monoisotopic (exact) mass is 221 g/mol. The van der Waals surface area contributed by atoms with Crippen molar-refractivity contribution in [2.75, 3.05) is 0 Å². The summed E-state index contributed by atoms with van der Waals surface area (Å²) in [7, 11) is 0. The van der Waals surface area contributed by atoms with Gasteiger partial charge in [0.05, 0.1) is 0 Å². The van der Waals surface area contributed by atoms with Crippen LogP contribution in [-0.2, 0) is 0 Å². The molecule has 81 valence electrons. The molecule has 1 N–H and O–H groups in total. The van der Waals surface area contributed by atoms with Crippen LogP contribution in [0.5, 0.6) is 0 Å². The van der Waals surface area contributed by atoms with Gasteiger partial charge in [0.2, 0.25) is 0 Å². The molecule has 0 atom stereocenters. The number of ketones is 1. The second kappa shape index (κ2) is 3.87. The van der Waals surface area contributed by atoms with E-state index in [1.165, 1.54) is 0 Å². The van der Waals surface area contributed by atoms with E-state index in [-0.39, 0.29) is 5.78 Å². The molecule has 0 bridgehead atoms. The Morgan fingerprint density at radius 3 is 3.12 bits per heavy atom. The Hall–Kier alpha value is -2.42. The molecule has 0 unspecified atom stereocenters. The van der Waals surface area contributed by atoms with Gasteiger partial charge in [-0.15, -0.1) is 0 Å². The van der Waals surface area contributed by atoms with Gasteiger partial charge in [-0.1, -0.05) is 12.1 Å². The number of benzene rings is 1. The quantitative estimate of drug-likeness (QED) is 0.676. The molecule has 0 amide bonds. The molecule has 1 aromatic carbocycles. The lowest BCUT2D eigenvalue weighted by Crippen LogP contribution is -2.00. The highest BCUT2D eigenvalue weighted by Crippen LogP contribution is 2.20. The number of fused-ring (bicyclic) bond motifs is 1. The van der Waals surface area contributed by atoms with E-state index in [4.69, 9.17) is 0 Å². The molecule has 0 aliphatic heterocycles. The Labute approximate surface area is 98.1 Å². The van der Waals surface area contributed by atoms with Crippen molar-refractivity contribution in [2.45, 2.75) is 0 Å². The number of aromatic amines is 1. The first-order valence-electron chi connectivity index (χ1n) is 5.28. The summed E-state index contributed by atoms with van der Waals surface area (Å²) in [5.41, 5.74) is 2.18. The molecule has 0 aliphatic carbocycles. The maximum atomic E-state index is 12.3. The number of nitrogens with zero attached hydrogens (tertiary/aromatic N) is 1. The number of hydrogen-bond acceptors (Lipinski definition) is 2. The molecule has 2 heterocycles. The average Bonchev–Trinajstić information content (AvgIpc) is 2.83. The molecule has 3 heteroatoms. The number of nitrogens with one attached hydrogen (secondary N) is 1. The van der Waals surface area contributed by atoms with Gasteiger partial charge in [0, 0.05) is 40.6 Å². The molecule has 17 heavy (non-hydrogen) atoms. The minimum atomic E-state index is -0.0180. The number of hydrogen-bond donors (Lipinski definition) is 1. The van der Waals surface area contributed by atoms with E-state index in [1.54, 1.807) is 36.8 Å². The average molecular weight is 221 g/mol. The summed E-state index contributed by atoms with van der Waals surface area (Å²) in [5.74, 6) is -0.0180. The first-order valence-corrected chi connectivity index (χ1v) is 5.28. The summed E-state index contributed by atoms with van der Waals surface area (Å²) < 4.78 is 0. The highest BCUT2D eigenvalue weighted by Gasteiger charge is 2.13. The van der Waals surface area contributed by atoms with Crippen molar-refractivity contribution in [1.29, 1.82) is 0 Å². The van der Waals surface area contributed by atoms with Gasteiger partial charge in [-0.3, -0.25) is 9.78 Å². The van der Waals surface area contributed by atoms with Gasteiger partial charge >= 0.3 is 0 Å². The van der Waals surface area contributed by atoms with Crippen LogP contribution < -0.4 is 0 Å². The van der Waals surface area contributed by atoms with Gasteiger partial charge in [0.15, 0.2) is 5.78 Å². The van der Waals surface area contributed by atoms with Crippen molar-refractivity contribution < 1.29 is 4.79 Å². The zero-order valence-electron chi connectivity index (χ0n) is 8.97. The molecule has 3 aromatic rings. The molecule has 0 saturated heterocycles. The van der Waals surface area contributed by atoms with Crippen molar-refractivity contribution in [2.24, 2.45) is 0 Å².